The Morgan fingerprint density at radius 2 is 1.29 bits per heavy atom. The number of hydrogen-bond donors (Lipinski definition) is 7. The fourth-order valence-electron chi connectivity index (χ4n) is 4.52. The molecule has 0 radical (unpaired) electrons. The first-order valence-corrected chi connectivity index (χ1v) is 11.1. The summed E-state index contributed by atoms with van der Waals surface area (Å²) in [6.45, 7) is -0.874. The molecule has 4 unspecified atom stereocenters. The molecule has 2 saturated heterocycles. The zero-order valence-corrected chi connectivity index (χ0v) is 17.5. The van der Waals surface area contributed by atoms with Crippen LogP contribution in [0.15, 0.2) is 0 Å². The third kappa shape index (κ3) is 5.92. The molecule has 3 fully saturated rings. The average Bonchev–Trinajstić information content (AvgIpc) is 2.79. The summed E-state index contributed by atoms with van der Waals surface area (Å²) < 4.78 is 22.0. The molecule has 2 heterocycles. The molecule has 7 N–H and O–H groups in total. The van der Waals surface area contributed by atoms with Gasteiger partial charge in [-0.15, -0.1) is 0 Å². The highest BCUT2D eigenvalue weighted by Gasteiger charge is 2.50. The van der Waals surface area contributed by atoms with Crippen molar-refractivity contribution < 1.29 is 54.7 Å². The Bertz CT molecular complexity index is 527. The first kappa shape index (κ1) is 25.2. The van der Waals surface area contributed by atoms with Crippen molar-refractivity contribution in [1.82, 2.24) is 0 Å². The molecule has 182 valence electrons. The van der Waals surface area contributed by atoms with Crippen molar-refractivity contribution in [3.05, 3.63) is 0 Å². The van der Waals surface area contributed by atoms with Crippen molar-refractivity contribution in [3.63, 3.8) is 0 Å². The fourth-order valence-corrected chi connectivity index (χ4v) is 4.52. The molecule has 10 atom stereocenters. The van der Waals surface area contributed by atoms with E-state index in [1.165, 1.54) is 19.3 Å². The summed E-state index contributed by atoms with van der Waals surface area (Å²) in [5, 5.41) is 69.9. The highest BCUT2D eigenvalue weighted by Crippen LogP contribution is 2.30. The number of hydrogen-bond acceptors (Lipinski definition) is 11. The second-order valence-corrected chi connectivity index (χ2v) is 8.67. The van der Waals surface area contributed by atoms with Gasteiger partial charge in [-0.05, 0) is 12.3 Å². The van der Waals surface area contributed by atoms with Crippen LogP contribution in [0.1, 0.15) is 38.5 Å². The van der Waals surface area contributed by atoms with Crippen LogP contribution in [0.3, 0.4) is 0 Å². The van der Waals surface area contributed by atoms with Gasteiger partial charge in [-0.25, -0.2) is 0 Å². The molecule has 1 saturated carbocycles. The standard InChI is InChI=1S/C20H36O11/c21-8-11-13(23)14(24)16(26)20(29-11)31-18-12(9-22)30-19(17(27)15(18)25)28-7-6-10-4-2-1-3-5-10/h10-27H,1-9H2/t11?,12?,13-,14+,15?,16?,17+,18-,19-,20-/m1/s1. The van der Waals surface area contributed by atoms with Crippen LogP contribution in [0.5, 0.6) is 0 Å². The van der Waals surface area contributed by atoms with E-state index in [0.29, 0.717) is 12.5 Å². The van der Waals surface area contributed by atoms with Gasteiger partial charge in [0.1, 0.15) is 48.8 Å². The van der Waals surface area contributed by atoms with Crippen molar-refractivity contribution >= 4 is 0 Å². The van der Waals surface area contributed by atoms with Crippen LogP contribution in [-0.4, -0.2) is 117 Å². The van der Waals surface area contributed by atoms with Gasteiger partial charge in [0, 0.05) is 0 Å². The minimum Gasteiger partial charge on any atom is -0.394 e. The van der Waals surface area contributed by atoms with Crippen LogP contribution in [0.25, 0.3) is 0 Å². The molecule has 31 heavy (non-hydrogen) atoms. The van der Waals surface area contributed by atoms with Gasteiger partial charge in [0.2, 0.25) is 0 Å². The summed E-state index contributed by atoms with van der Waals surface area (Å²) in [6.07, 6.45) is -7.49. The Morgan fingerprint density at radius 3 is 1.94 bits per heavy atom. The third-order valence-corrected chi connectivity index (χ3v) is 6.49. The smallest absolute Gasteiger partial charge is 0.187 e. The Hall–Kier alpha value is -0.440. The van der Waals surface area contributed by atoms with E-state index in [2.05, 4.69) is 0 Å². The lowest BCUT2D eigenvalue weighted by atomic mass is 9.87. The highest BCUT2D eigenvalue weighted by molar-refractivity contribution is 4.94. The second kappa shape index (κ2) is 11.6. The third-order valence-electron chi connectivity index (χ3n) is 6.49. The zero-order chi connectivity index (χ0) is 22.5. The molecule has 0 bridgehead atoms. The van der Waals surface area contributed by atoms with Crippen molar-refractivity contribution in [3.8, 4) is 0 Å². The summed E-state index contributed by atoms with van der Waals surface area (Å²) >= 11 is 0. The minimum absolute atomic E-state index is 0.343. The molecule has 0 aromatic carbocycles. The maximum Gasteiger partial charge on any atom is 0.187 e. The van der Waals surface area contributed by atoms with Crippen molar-refractivity contribution in [2.24, 2.45) is 5.92 Å². The van der Waals surface area contributed by atoms with E-state index in [4.69, 9.17) is 18.9 Å². The zero-order valence-electron chi connectivity index (χ0n) is 17.5. The molecule has 0 amide bonds. The van der Waals surface area contributed by atoms with Crippen LogP contribution in [0.4, 0.5) is 0 Å². The van der Waals surface area contributed by atoms with Crippen LogP contribution in [-0.2, 0) is 18.9 Å². The van der Waals surface area contributed by atoms with Gasteiger partial charge in [-0.3, -0.25) is 0 Å². The van der Waals surface area contributed by atoms with Gasteiger partial charge in [0.25, 0.3) is 0 Å². The predicted molar refractivity (Wildman–Crippen MR) is 104 cm³/mol. The normalized spacial score (nSPS) is 45.0. The minimum atomic E-state index is -1.69. The maximum atomic E-state index is 10.6. The lowest BCUT2D eigenvalue weighted by Gasteiger charge is -2.46. The lowest BCUT2D eigenvalue weighted by Crippen LogP contribution is -2.64. The van der Waals surface area contributed by atoms with E-state index >= 15 is 0 Å². The van der Waals surface area contributed by atoms with Gasteiger partial charge in [0.15, 0.2) is 12.6 Å². The topological polar surface area (TPSA) is 179 Å². The number of ether oxygens (including phenoxy) is 4. The fraction of sp³-hybridized carbons (Fsp3) is 1.00. The Morgan fingerprint density at radius 1 is 0.677 bits per heavy atom. The first-order chi connectivity index (χ1) is 14.9. The molecule has 1 aliphatic carbocycles. The van der Waals surface area contributed by atoms with Gasteiger partial charge in [-0.1, -0.05) is 32.1 Å². The summed E-state index contributed by atoms with van der Waals surface area (Å²) in [6, 6.07) is 0. The molecule has 2 aliphatic heterocycles. The quantitative estimate of drug-likeness (QED) is 0.209. The molecular formula is C20H36O11. The molecule has 0 aromatic heterocycles. The van der Waals surface area contributed by atoms with E-state index in [1.54, 1.807) is 0 Å². The first-order valence-electron chi connectivity index (χ1n) is 11.1. The van der Waals surface area contributed by atoms with Crippen LogP contribution < -0.4 is 0 Å². The lowest BCUT2D eigenvalue weighted by molar-refractivity contribution is -0.359. The van der Waals surface area contributed by atoms with E-state index in [9.17, 15) is 35.7 Å². The molecule has 0 aromatic rings. The van der Waals surface area contributed by atoms with Crippen molar-refractivity contribution in [2.75, 3.05) is 19.8 Å². The molecule has 11 heteroatoms. The number of rotatable bonds is 8. The summed E-state index contributed by atoms with van der Waals surface area (Å²) in [5.41, 5.74) is 0. The van der Waals surface area contributed by atoms with Crippen molar-refractivity contribution in [1.29, 1.82) is 0 Å². The number of aliphatic hydroxyl groups excluding tert-OH is 7. The summed E-state index contributed by atoms with van der Waals surface area (Å²) in [4.78, 5) is 0. The average molecular weight is 452 g/mol. The summed E-state index contributed by atoms with van der Waals surface area (Å²) in [7, 11) is 0. The predicted octanol–water partition coefficient (Wildman–Crippen LogP) is -2.40. The Kier molecular flexibility index (Phi) is 9.44. The maximum absolute atomic E-state index is 10.6. The second-order valence-electron chi connectivity index (χ2n) is 8.67. The molecule has 3 aliphatic rings. The van der Waals surface area contributed by atoms with Gasteiger partial charge in [0.05, 0.1) is 19.8 Å². The van der Waals surface area contributed by atoms with Gasteiger partial charge >= 0.3 is 0 Å². The molecule has 3 rings (SSSR count). The molecular weight excluding hydrogens is 416 g/mol. The monoisotopic (exact) mass is 452 g/mol. The number of aliphatic hydroxyl groups is 7. The largest absolute Gasteiger partial charge is 0.394 e. The van der Waals surface area contributed by atoms with Gasteiger partial charge < -0.3 is 54.7 Å². The highest BCUT2D eigenvalue weighted by atomic mass is 16.7. The SMILES string of the molecule is OCC1O[C@@H](OCCC2CCCCC2)[C@@H](O)C(O)[C@@H]1O[C@H]1OC(CO)[C@@H](O)[C@H](O)C1O. The van der Waals surface area contributed by atoms with E-state index in [0.717, 1.165) is 19.3 Å². The summed E-state index contributed by atoms with van der Waals surface area (Å²) in [5.74, 6) is 0.565. The van der Waals surface area contributed by atoms with E-state index in [-0.39, 0.29) is 0 Å². The van der Waals surface area contributed by atoms with Gasteiger partial charge in [-0.2, -0.15) is 0 Å². The van der Waals surface area contributed by atoms with Crippen LogP contribution >= 0.6 is 0 Å². The van der Waals surface area contributed by atoms with E-state index in [1.807, 2.05) is 0 Å². The molecule has 11 nitrogen and oxygen atoms in total. The molecule has 0 spiro atoms. The van der Waals surface area contributed by atoms with Crippen molar-refractivity contribution in [2.45, 2.75) is 99.9 Å². The Labute approximate surface area is 181 Å². The van der Waals surface area contributed by atoms with E-state index < -0.39 is 74.6 Å². The Balaban J connectivity index is 1.57. The van der Waals surface area contributed by atoms with Crippen LogP contribution in [0, 0.1) is 5.92 Å². The van der Waals surface area contributed by atoms with Crippen LogP contribution in [0.2, 0.25) is 0 Å².